The number of alkyl halides is 3. The minimum atomic E-state index is -4.15. The van der Waals surface area contributed by atoms with Gasteiger partial charge in [0, 0.05) is 14.1 Å². The molecule has 0 aromatic heterocycles. The van der Waals surface area contributed by atoms with E-state index in [2.05, 4.69) is 5.43 Å². The van der Waals surface area contributed by atoms with Crippen molar-refractivity contribution in [2.24, 2.45) is 0 Å². The molecular weight excluding hydrogens is 157 g/mol. The molecule has 0 aliphatic rings. The van der Waals surface area contributed by atoms with Crippen LogP contribution >= 0.6 is 0 Å². The highest BCUT2D eigenvalue weighted by atomic mass is 19.4. The zero-order valence-electron chi connectivity index (χ0n) is 6.87. The Morgan fingerprint density at radius 2 is 1.82 bits per heavy atom. The monoisotopic (exact) mass is 170 g/mol. The fourth-order valence-corrected chi connectivity index (χ4v) is 0.708. The summed E-state index contributed by atoms with van der Waals surface area (Å²) in [5, 5.41) is 1.31. The SMILES string of the molecule is CCC(NN(C)C)C(F)(F)F. The van der Waals surface area contributed by atoms with Crippen molar-refractivity contribution in [3.63, 3.8) is 0 Å². The summed E-state index contributed by atoms with van der Waals surface area (Å²) in [4.78, 5) is 0. The van der Waals surface area contributed by atoms with Crippen molar-refractivity contribution in [2.45, 2.75) is 25.6 Å². The van der Waals surface area contributed by atoms with E-state index >= 15 is 0 Å². The smallest absolute Gasteiger partial charge is 0.250 e. The first-order valence-electron chi connectivity index (χ1n) is 3.38. The summed E-state index contributed by atoms with van der Waals surface area (Å²) in [6.45, 7) is 1.49. The van der Waals surface area contributed by atoms with Gasteiger partial charge in [0.25, 0.3) is 0 Å². The number of nitrogens with zero attached hydrogens (tertiary/aromatic N) is 1. The third kappa shape index (κ3) is 4.21. The summed E-state index contributed by atoms with van der Waals surface area (Å²) in [5.41, 5.74) is 2.28. The van der Waals surface area contributed by atoms with Gasteiger partial charge in [-0.05, 0) is 6.42 Å². The summed E-state index contributed by atoms with van der Waals surface area (Å²) in [7, 11) is 3.07. The van der Waals surface area contributed by atoms with Gasteiger partial charge >= 0.3 is 6.18 Å². The van der Waals surface area contributed by atoms with Crippen LogP contribution in [0.25, 0.3) is 0 Å². The third-order valence-electron chi connectivity index (χ3n) is 1.22. The van der Waals surface area contributed by atoms with E-state index in [1.54, 1.807) is 0 Å². The standard InChI is InChI=1S/C6H13F3N2/c1-4-5(6(7,8)9)10-11(2)3/h5,10H,4H2,1-3H3. The lowest BCUT2D eigenvalue weighted by Gasteiger charge is -2.23. The van der Waals surface area contributed by atoms with Crippen molar-refractivity contribution in [3.8, 4) is 0 Å². The summed E-state index contributed by atoms with van der Waals surface area (Å²) < 4.78 is 36.0. The van der Waals surface area contributed by atoms with E-state index < -0.39 is 12.2 Å². The molecule has 0 heterocycles. The second-order valence-electron chi connectivity index (χ2n) is 2.53. The first-order valence-corrected chi connectivity index (χ1v) is 3.38. The molecule has 0 amide bonds. The highest BCUT2D eigenvalue weighted by Crippen LogP contribution is 2.21. The predicted molar refractivity (Wildman–Crippen MR) is 37.0 cm³/mol. The average Bonchev–Trinajstić information content (AvgIpc) is 1.79. The molecule has 0 aliphatic heterocycles. The molecule has 0 aliphatic carbocycles. The zero-order chi connectivity index (χ0) is 9.07. The van der Waals surface area contributed by atoms with Crippen LogP contribution in [0, 0.1) is 0 Å². The molecule has 0 aromatic rings. The van der Waals surface area contributed by atoms with E-state index in [-0.39, 0.29) is 6.42 Å². The molecule has 0 rings (SSSR count). The molecule has 11 heavy (non-hydrogen) atoms. The molecule has 2 nitrogen and oxygen atoms in total. The van der Waals surface area contributed by atoms with Crippen LogP contribution < -0.4 is 5.43 Å². The van der Waals surface area contributed by atoms with Crippen LogP contribution in [0.2, 0.25) is 0 Å². The van der Waals surface area contributed by atoms with Crippen LogP contribution in [0.3, 0.4) is 0 Å². The first kappa shape index (κ1) is 10.7. The summed E-state index contributed by atoms with van der Waals surface area (Å²) in [5.74, 6) is 0. The Morgan fingerprint density at radius 1 is 1.36 bits per heavy atom. The topological polar surface area (TPSA) is 15.3 Å². The third-order valence-corrected chi connectivity index (χ3v) is 1.22. The number of hydrogen-bond donors (Lipinski definition) is 1. The Hall–Kier alpha value is -0.290. The van der Waals surface area contributed by atoms with Gasteiger partial charge in [0.2, 0.25) is 0 Å². The molecule has 0 aromatic carbocycles. The maximum Gasteiger partial charge on any atom is 0.405 e. The van der Waals surface area contributed by atoms with Gasteiger partial charge in [-0.2, -0.15) is 13.2 Å². The fourth-order valence-electron chi connectivity index (χ4n) is 0.708. The number of nitrogens with one attached hydrogen (secondary N) is 1. The van der Waals surface area contributed by atoms with Gasteiger partial charge in [-0.3, -0.25) is 5.01 Å². The van der Waals surface area contributed by atoms with Gasteiger partial charge in [0.05, 0.1) is 0 Å². The second kappa shape index (κ2) is 3.92. The summed E-state index contributed by atoms with van der Waals surface area (Å²) in [6.07, 6.45) is -4.11. The molecule has 0 saturated carbocycles. The quantitative estimate of drug-likeness (QED) is 0.644. The lowest BCUT2D eigenvalue weighted by Crippen LogP contribution is -2.48. The van der Waals surface area contributed by atoms with Crippen molar-refractivity contribution in [1.82, 2.24) is 10.4 Å². The van der Waals surface area contributed by atoms with E-state index in [9.17, 15) is 13.2 Å². The van der Waals surface area contributed by atoms with Gasteiger partial charge in [0.1, 0.15) is 6.04 Å². The Kier molecular flexibility index (Phi) is 3.82. The van der Waals surface area contributed by atoms with E-state index in [4.69, 9.17) is 0 Å². The van der Waals surface area contributed by atoms with Crippen LogP contribution in [-0.4, -0.2) is 31.3 Å². The maximum absolute atomic E-state index is 12.0. The summed E-state index contributed by atoms with van der Waals surface area (Å²) >= 11 is 0. The minimum absolute atomic E-state index is 0.0433. The molecule has 0 bridgehead atoms. The first-order chi connectivity index (χ1) is 4.88. The molecule has 1 unspecified atom stereocenters. The molecule has 1 atom stereocenters. The number of hydrogen-bond acceptors (Lipinski definition) is 2. The van der Waals surface area contributed by atoms with Crippen LogP contribution in [0.5, 0.6) is 0 Å². The number of halogens is 3. The van der Waals surface area contributed by atoms with Crippen LogP contribution in [0.15, 0.2) is 0 Å². The predicted octanol–water partition coefficient (Wildman–Crippen LogP) is 1.39. The lowest BCUT2D eigenvalue weighted by atomic mass is 10.2. The summed E-state index contributed by atoms with van der Waals surface area (Å²) in [6, 6.07) is -1.43. The van der Waals surface area contributed by atoms with Crippen molar-refractivity contribution in [1.29, 1.82) is 0 Å². The van der Waals surface area contributed by atoms with E-state index in [1.807, 2.05) is 0 Å². The number of hydrazine groups is 1. The van der Waals surface area contributed by atoms with Gasteiger partial charge in [-0.1, -0.05) is 6.92 Å². The zero-order valence-corrected chi connectivity index (χ0v) is 6.87. The lowest BCUT2D eigenvalue weighted by molar-refractivity contribution is -0.166. The van der Waals surface area contributed by atoms with E-state index in [1.165, 1.54) is 26.0 Å². The largest absolute Gasteiger partial charge is 0.405 e. The maximum atomic E-state index is 12.0. The second-order valence-corrected chi connectivity index (χ2v) is 2.53. The van der Waals surface area contributed by atoms with Gasteiger partial charge in [0.15, 0.2) is 0 Å². The van der Waals surface area contributed by atoms with Crippen molar-refractivity contribution in [3.05, 3.63) is 0 Å². The van der Waals surface area contributed by atoms with Crippen molar-refractivity contribution in [2.75, 3.05) is 14.1 Å². The molecule has 0 spiro atoms. The van der Waals surface area contributed by atoms with Gasteiger partial charge < -0.3 is 0 Å². The highest BCUT2D eigenvalue weighted by Gasteiger charge is 2.38. The Labute approximate surface area is 64.3 Å². The number of rotatable bonds is 3. The van der Waals surface area contributed by atoms with Crippen LogP contribution in [-0.2, 0) is 0 Å². The highest BCUT2D eigenvalue weighted by molar-refractivity contribution is 4.70. The van der Waals surface area contributed by atoms with Crippen LogP contribution in [0.1, 0.15) is 13.3 Å². The minimum Gasteiger partial charge on any atom is -0.250 e. The Morgan fingerprint density at radius 3 is 1.91 bits per heavy atom. The molecule has 0 saturated heterocycles. The molecule has 0 fully saturated rings. The van der Waals surface area contributed by atoms with Crippen molar-refractivity contribution < 1.29 is 13.2 Å². The molecule has 0 radical (unpaired) electrons. The van der Waals surface area contributed by atoms with Gasteiger partial charge in [-0.25, -0.2) is 5.43 Å². The molecule has 68 valence electrons. The van der Waals surface area contributed by atoms with Crippen LogP contribution in [0.4, 0.5) is 13.2 Å². The molecule has 5 heteroatoms. The van der Waals surface area contributed by atoms with Gasteiger partial charge in [-0.15, -0.1) is 0 Å². The fraction of sp³-hybridized carbons (Fsp3) is 1.00. The Balaban J connectivity index is 3.96. The van der Waals surface area contributed by atoms with E-state index in [0.29, 0.717) is 0 Å². The van der Waals surface area contributed by atoms with Crippen molar-refractivity contribution >= 4 is 0 Å². The average molecular weight is 170 g/mol. The Bertz CT molecular complexity index is 111. The molecule has 1 N–H and O–H groups in total. The van der Waals surface area contributed by atoms with E-state index in [0.717, 1.165) is 0 Å². The molecular formula is C6H13F3N2. The normalized spacial score (nSPS) is 15.5.